The minimum Gasteiger partial charge on any atom is -0.492 e. The summed E-state index contributed by atoms with van der Waals surface area (Å²) < 4.78 is 49.5. The highest BCUT2D eigenvalue weighted by Crippen LogP contribution is 2.49. The molecule has 1 aromatic carbocycles. The van der Waals surface area contributed by atoms with E-state index in [0.717, 1.165) is 19.3 Å². The fraction of sp³-hybridized carbons (Fsp3) is 0.350. The second kappa shape index (κ2) is 8.57. The van der Waals surface area contributed by atoms with Crippen molar-refractivity contribution in [3.8, 4) is 17.2 Å². The number of fused-ring (bicyclic) bond motifs is 1. The largest absolute Gasteiger partial charge is 0.492 e. The van der Waals surface area contributed by atoms with E-state index in [1.165, 1.54) is 30.6 Å². The normalized spacial score (nSPS) is 15.8. The van der Waals surface area contributed by atoms with Gasteiger partial charge in [0.05, 0.1) is 12.8 Å². The maximum Gasteiger partial charge on any atom is 0.331 e. The number of rotatable bonds is 8. The predicted octanol–water partition coefficient (Wildman–Crippen LogP) is 3.54. The van der Waals surface area contributed by atoms with Crippen LogP contribution in [-0.2, 0) is 25.3 Å². The molecule has 30 heavy (non-hydrogen) atoms. The zero-order valence-electron chi connectivity index (χ0n) is 16.3. The molecule has 2 aromatic rings. The van der Waals surface area contributed by atoms with Gasteiger partial charge in [-0.3, -0.25) is 4.72 Å². The lowest BCUT2D eigenvalue weighted by Gasteiger charge is -2.24. The van der Waals surface area contributed by atoms with Crippen molar-refractivity contribution in [1.29, 1.82) is 0 Å². The van der Waals surface area contributed by atoms with Crippen molar-refractivity contribution in [1.82, 2.24) is 0 Å². The van der Waals surface area contributed by atoms with Gasteiger partial charge in [-0.1, -0.05) is 6.07 Å². The lowest BCUT2D eigenvalue weighted by atomic mass is 9.96. The van der Waals surface area contributed by atoms with Gasteiger partial charge in [0, 0.05) is 16.5 Å². The summed E-state index contributed by atoms with van der Waals surface area (Å²) in [5, 5.41) is 1.82. The summed E-state index contributed by atoms with van der Waals surface area (Å²) in [4.78, 5) is 12.7. The highest BCUT2D eigenvalue weighted by Gasteiger charge is 2.28. The highest BCUT2D eigenvalue weighted by molar-refractivity contribution is 7.92. The van der Waals surface area contributed by atoms with Gasteiger partial charge in [-0.2, -0.15) is 0 Å². The molecule has 0 unspecified atom stereocenters. The van der Waals surface area contributed by atoms with Crippen LogP contribution in [0.5, 0.6) is 17.2 Å². The Kier molecular flexibility index (Phi) is 5.87. The van der Waals surface area contributed by atoms with Crippen LogP contribution in [0.4, 0.5) is 5.69 Å². The number of thiophene rings is 1. The van der Waals surface area contributed by atoms with Crippen LogP contribution in [0, 0.1) is 0 Å². The summed E-state index contributed by atoms with van der Waals surface area (Å²) in [5.74, 6) is 0.248. The Labute approximate surface area is 178 Å². The van der Waals surface area contributed by atoms with Crippen molar-refractivity contribution in [3.63, 3.8) is 0 Å². The van der Waals surface area contributed by atoms with Crippen LogP contribution in [0.15, 0.2) is 29.7 Å². The van der Waals surface area contributed by atoms with Gasteiger partial charge in [0.1, 0.15) is 11.9 Å². The fourth-order valence-corrected chi connectivity index (χ4v) is 5.37. The van der Waals surface area contributed by atoms with Crippen LogP contribution in [0.3, 0.4) is 0 Å². The molecule has 1 fully saturated rings. The Morgan fingerprint density at radius 2 is 2.13 bits per heavy atom. The number of sulfonamides is 1. The minimum absolute atomic E-state index is 0.0274. The number of carbonyl (C=O) groups is 1. The molecule has 0 amide bonds. The molecule has 0 atom stereocenters. The molecule has 0 radical (unpaired) electrons. The van der Waals surface area contributed by atoms with Crippen LogP contribution in [0.25, 0.3) is 6.08 Å². The van der Waals surface area contributed by atoms with Gasteiger partial charge >= 0.3 is 5.97 Å². The molecule has 1 aliphatic heterocycles. The minimum atomic E-state index is -3.69. The Balaban J connectivity index is 1.61. The number of ether oxygens (including phenoxy) is 4. The molecule has 10 heteroatoms. The molecule has 1 saturated carbocycles. The second-order valence-electron chi connectivity index (χ2n) is 6.88. The fourth-order valence-electron chi connectivity index (χ4n) is 3.11. The second-order valence-corrected chi connectivity index (χ2v) is 9.63. The van der Waals surface area contributed by atoms with E-state index < -0.39 is 16.0 Å². The topological polar surface area (TPSA) is 100 Å². The third-order valence-corrected chi connectivity index (χ3v) is 7.02. The smallest absolute Gasteiger partial charge is 0.331 e. The third-order valence-electron chi connectivity index (χ3n) is 4.74. The summed E-state index contributed by atoms with van der Waals surface area (Å²) in [6.07, 6.45) is 5.60. The molecule has 1 aliphatic carbocycles. The van der Waals surface area contributed by atoms with E-state index in [-0.39, 0.29) is 35.8 Å². The summed E-state index contributed by atoms with van der Waals surface area (Å²) >= 11 is 1.36. The zero-order chi connectivity index (χ0) is 21.1. The Morgan fingerprint density at radius 3 is 2.80 bits per heavy atom. The van der Waals surface area contributed by atoms with E-state index in [2.05, 4.69) is 4.72 Å². The SMILES string of the molecule is COc1c(/C=C/C(=O)OC2CCC2)cc(NS(=O)(=O)Cc2cccs2)c2c1OCO2. The molecule has 8 nitrogen and oxygen atoms in total. The van der Waals surface area contributed by atoms with Gasteiger partial charge in [0.25, 0.3) is 0 Å². The lowest BCUT2D eigenvalue weighted by Crippen LogP contribution is -2.23. The third kappa shape index (κ3) is 4.54. The summed E-state index contributed by atoms with van der Waals surface area (Å²) in [7, 11) is -2.23. The van der Waals surface area contributed by atoms with Crippen LogP contribution in [-0.4, -0.2) is 34.4 Å². The van der Waals surface area contributed by atoms with Crippen molar-refractivity contribution >= 4 is 39.1 Å². The van der Waals surface area contributed by atoms with Gasteiger partial charge in [-0.05, 0) is 42.9 Å². The number of anilines is 1. The van der Waals surface area contributed by atoms with E-state index in [1.54, 1.807) is 18.2 Å². The van der Waals surface area contributed by atoms with Gasteiger partial charge < -0.3 is 18.9 Å². The van der Waals surface area contributed by atoms with Crippen molar-refractivity contribution in [3.05, 3.63) is 40.1 Å². The molecule has 0 bridgehead atoms. The molecule has 1 N–H and O–H groups in total. The number of nitrogens with one attached hydrogen (secondary N) is 1. The quantitative estimate of drug-likeness (QED) is 0.484. The van der Waals surface area contributed by atoms with Gasteiger partial charge in [-0.25, -0.2) is 13.2 Å². The number of hydrogen-bond donors (Lipinski definition) is 1. The first-order valence-electron chi connectivity index (χ1n) is 9.37. The molecule has 0 spiro atoms. The Hall–Kier alpha value is -2.72. The Bertz CT molecular complexity index is 1060. The van der Waals surface area contributed by atoms with E-state index >= 15 is 0 Å². The van der Waals surface area contributed by atoms with Crippen molar-refractivity contribution in [2.75, 3.05) is 18.6 Å². The Morgan fingerprint density at radius 1 is 1.33 bits per heavy atom. The monoisotopic (exact) mass is 451 g/mol. The number of carbonyl (C=O) groups excluding carboxylic acids is 1. The van der Waals surface area contributed by atoms with E-state index in [9.17, 15) is 13.2 Å². The molecule has 4 rings (SSSR count). The molecule has 160 valence electrons. The first-order chi connectivity index (χ1) is 14.4. The van der Waals surface area contributed by atoms with Crippen molar-refractivity contribution < 1.29 is 32.2 Å². The van der Waals surface area contributed by atoms with E-state index in [1.807, 2.05) is 5.38 Å². The molecule has 1 aromatic heterocycles. The highest BCUT2D eigenvalue weighted by atomic mass is 32.2. The molecular weight excluding hydrogens is 430 g/mol. The maximum atomic E-state index is 12.6. The van der Waals surface area contributed by atoms with E-state index in [4.69, 9.17) is 18.9 Å². The average molecular weight is 452 g/mol. The van der Waals surface area contributed by atoms with Gasteiger partial charge in [0.2, 0.25) is 22.6 Å². The lowest BCUT2D eigenvalue weighted by molar-refractivity contribution is -0.146. The number of hydrogen-bond acceptors (Lipinski definition) is 8. The van der Waals surface area contributed by atoms with Crippen molar-refractivity contribution in [2.45, 2.75) is 31.1 Å². The van der Waals surface area contributed by atoms with Crippen LogP contribution in [0.1, 0.15) is 29.7 Å². The molecular formula is C20H21NO7S2. The van der Waals surface area contributed by atoms with Crippen LogP contribution in [0.2, 0.25) is 0 Å². The summed E-state index contributed by atoms with van der Waals surface area (Å²) in [5.41, 5.74) is 0.674. The molecule has 2 aliphatic rings. The predicted molar refractivity (Wildman–Crippen MR) is 112 cm³/mol. The van der Waals surface area contributed by atoms with Gasteiger partial charge in [-0.15, -0.1) is 11.3 Å². The number of esters is 1. The molecule has 0 saturated heterocycles. The molecule has 2 heterocycles. The maximum absolute atomic E-state index is 12.6. The van der Waals surface area contributed by atoms with Crippen LogP contribution < -0.4 is 18.9 Å². The van der Waals surface area contributed by atoms with E-state index in [0.29, 0.717) is 16.2 Å². The number of benzene rings is 1. The first kappa shape index (κ1) is 20.5. The summed E-state index contributed by atoms with van der Waals surface area (Å²) in [6, 6.07) is 5.10. The van der Waals surface area contributed by atoms with Crippen LogP contribution >= 0.6 is 11.3 Å². The zero-order valence-corrected chi connectivity index (χ0v) is 17.9. The standard InChI is InChI=1S/C20H21NO7S2/c1-25-18-13(7-8-17(22)28-14-4-2-5-14)10-16(19-20(18)27-12-26-19)21-30(23,24)11-15-6-3-9-29-15/h3,6-10,14,21H,2,4-5,11-12H2,1H3/b8-7+. The average Bonchev–Trinajstić information content (AvgIpc) is 3.34. The number of methoxy groups -OCH3 is 1. The van der Waals surface area contributed by atoms with Crippen molar-refractivity contribution in [2.24, 2.45) is 0 Å². The van der Waals surface area contributed by atoms with Gasteiger partial charge in [0.15, 0.2) is 11.5 Å². The first-order valence-corrected chi connectivity index (χ1v) is 11.9. The summed E-state index contributed by atoms with van der Waals surface area (Å²) in [6.45, 7) is -0.0672.